The Kier molecular flexibility index (Phi) is 11.0. The van der Waals surface area contributed by atoms with E-state index < -0.39 is 51.1 Å². The smallest absolute Gasteiger partial charge is 0.243 e. The third kappa shape index (κ3) is 8.35. The maximum absolute atomic E-state index is 15.2. The molecule has 0 spiro atoms. The highest BCUT2D eigenvalue weighted by Crippen LogP contribution is 2.42. The van der Waals surface area contributed by atoms with Crippen LogP contribution < -0.4 is 14.9 Å². The minimum atomic E-state index is -3.81. The zero-order valence-electron chi connectivity index (χ0n) is 33.1. The van der Waals surface area contributed by atoms with Crippen molar-refractivity contribution in [2.24, 2.45) is 23.0 Å². The molecule has 5 atom stereocenters. The number of amides is 2. The Hall–Kier alpha value is -5.20. The fourth-order valence-corrected chi connectivity index (χ4v) is 8.53. The van der Waals surface area contributed by atoms with E-state index in [4.69, 9.17) is 26.3 Å². The van der Waals surface area contributed by atoms with Crippen LogP contribution in [0.4, 0.5) is 20.3 Å². The van der Waals surface area contributed by atoms with E-state index in [1.165, 1.54) is 15.6 Å². The van der Waals surface area contributed by atoms with Crippen LogP contribution in [0.15, 0.2) is 64.7 Å². The molecular weight excluding hydrogens is 794 g/mol. The van der Waals surface area contributed by atoms with Crippen molar-refractivity contribution in [2.45, 2.75) is 77.4 Å². The number of carbonyl (C=O) groups excluding carboxylic acids is 2. The second-order valence-electron chi connectivity index (χ2n) is 15.5. The van der Waals surface area contributed by atoms with E-state index in [1.807, 2.05) is 27.7 Å². The molecule has 0 bridgehead atoms. The molecule has 15 nitrogen and oxygen atoms in total. The lowest BCUT2D eigenvalue weighted by Gasteiger charge is -2.44. The monoisotopic (exact) mass is 838 g/mol. The Labute approximate surface area is 339 Å². The van der Waals surface area contributed by atoms with Gasteiger partial charge >= 0.3 is 0 Å². The summed E-state index contributed by atoms with van der Waals surface area (Å²) in [5.74, 6) is -3.06. The average Bonchev–Trinajstić information content (AvgIpc) is 3.71. The van der Waals surface area contributed by atoms with Gasteiger partial charge in [0.25, 0.3) is 0 Å². The number of nitrogens with one attached hydrogen (secondary N) is 2. The van der Waals surface area contributed by atoms with Crippen molar-refractivity contribution < 1.29 is 31.5 Å². The minimum absolute atomic E-state index is 0.0130. The summed E-state index contributed by atoms with van der Waals surface area (Å²) in [6.45, 7) is 10.7. The first kappa shape index (κ1) is 41.0. The number of amidine groups is 2. The van der Waals surface area contributed by atoms with Crippen LogP contribution in [0.5, 0.6) is 0 Å². The highest BCUT2D eigenvalue weighted by Gasteiger charge is 2.50. The van der Waals surface area contributed by atoms with Gasteiger partial charge in [-0.15, -0.1) is 0 Å². The fraction of sp³-hybridized carbons (Fsp3) is 0.436. The van der Waals surface area contributed by atoms with Crippen LogP contribution in [0.25, 0.3) is 10.9 Å². The number of aliphatic imine (C=N–C) groups is 2. The van der Waals surface area contributed by atoms with E-state index in [0.29, 0.717) is 24.6 Å². The first-order valence-corrected chi connectivity index (χ1v) is 21.1. The SMILES string of the molecule is CC1CN(C2=NC3(C)N=C([C@H](Cc4cc(F)cc(F)c4)NC(=O)Cc4ccn(C(C)C)n4)N(c4ccc(Cl)c5c(NS(C)(=O)=O)nn(C)c45)C(=O)C3C=C2)C[C@H](C)O1. The van der Waals surface area contributed by atoms with Gasteiger partial charge in [-0.05, 0) is 76.6 Å². The lowest BCUT2D eigenvalue weighted by molar-refractivity contribution is -0.123. The number of benzene rings is 2. The highest BCUT2D eigenvalue weighted by atomic mass is 35.5. The van der Waals surface area contributed by atoms with Crippen molar-refractivity contribution in [3.63, 3.8) is 0 Å². The van der Waals surface area contributed by atoms with Crippen LogP contribution in [0.1, 0.15) is 51.9 Å². The molecule has 2 aromatic carbocycles. The first-order chi connectivity index (χ1) is 27.3. The Morgan fingerprint density at radius 3 is 2.40 bits per heavy atom. The Bertz CT molecular complexity index is 2470. The van der Waals surface area contributed by atoms with Crippen LogP contribution in [0.3, 0.4) is 0 Å². The number of hydrogen-bond acceptors (Lipinski definition) is 10. The number of dihydropyridines is 1. The maximum Gasteiger partial charge on any atom is 0.243 e. The number of hydrogen-bond donors (Lipinski definition) is 2. The second kappa shape index (κ2) is 15.5. The Balaban J connectivity index is 1.41. The molecule has 0 aliphatic carbocycles. The lowest BCUT2D eigenvalue weighted by atomic mass is 9.87. The van der Waals surface area contributed by atoms with Gasteiger partial charge in [0.15, 0.2) is 11.5 Å². The van der Waals surface area contributed by atoms with Crippen molar-refractivity contribution >= 4 is 67.5 Å². The summed E-state index contributed by atoms with van der Waals surface area (Å²) in [4.78, 5) is 42.9. The van der Waals surface area contributed by atoms with Crippen LogP contribution in [-0.2, 0) is 44.2 Å². The summed E-state index contributed by atoms with van der Waals surface area (Å²) < 4.78 is 65.7. The molecule has 7 rings (SSSR count). The number of fused-ring (bicyclic) bond motifs is 2. The molecule has 3 aliphatic rings. The van der Waals surface area contributed by atoms with Gasteiger partial charge in [0, 0.05) is 44.9 Å². The van der Waals surface area contributed by atoms with Gasteiger partial charge in [-0.2, -0.15) is 10.2 Å². The van der Waals surface area contributed by atoms with Crippen LogP contribution in [0.2, 0.25) is 5.02 Å². The van der Waals surface area contributed by atoms with Gasteiger partial charge in [0.05, 0.1) is 58.2 Å². The number of morpholine rings is 1. The van der Waals surface area contributed by atoms with Crippen molar-refractivity contribution in [3.8, 4) is 0 Å². The molecule has 5 heterocycles. The first-order valence-electron chi connectivity index (χ1n) is 18.8. The van der Waals surface area contributed by atoms with E-state index in [2.05, 4.69) is 25.1 Å². The highest BCUT2D eigenvalue weighted by molar-refractivity contribution is 7.92. The molecule has 19 heteroatoms. The number of carbonyl (C=O) groups is 2. The number of nitrogens with zero attached hydrogens (tertiary/aromatic N) is 8. The summed E-state index contributed by atoms with van der Waals surface area (Å²) in [6.07, 6.45) is 5.76. The summed E-state index contributed by atoms with van der Waals surface area (Å²) in [7, 11) is -2.25. The third-order valence-electron chi connectivity index (χ3n) is 10.2. The minimum Gasteiger partial charge on any atom is -0.372 e. The van der Waals surface area contributed by atoms with Crippen LogP contribution in [-0.4, -0.2) is 99.6 Å². The number of aromatic nitrogens is 4. The van der Waals surface area contributed by atoms with E-state index in [-0.39, 0.29) is 69.9 Å². The zero-order chi connectivity index (χ0) is 41.8. The molecule has 3 unspecified atom stereocenters. The van der Waals surface area contributed by atoms with Gasteiger partial charge in [0.1, 0.15) is 29.2 Å². The van der Waals surface area contributed by atoms with Crippen molar-refractivity contribution in [2.75, 3.05) is 29.0 Å². The number of ether oxygens (including phenoxy) is 1. The molecule has 308 valence electrons. The van der Waals surface area contributed by atoms with E-state index in [0.717, 1.165) is 24.5 Å². The number of aryl methyl sites for hydroxylation is 1. The van der Waals surface area contributed by atoms with Crippen LogP contribution in [0, 0.1) is 17.6 Å². The molecule has 2 aromatic heterocycles. The topological polar surface area (TPSA) is 168 Å². The largest absolute Gasteiger partial charge is 0.372 e. The Morgan fingerprint density at radius 1 is 1.07 bits per heavy atom. The molecule has 4 aromatic rings. The van der Waals surface area contributed by atoms with Crippen molar-refractivity contribution in [3.05, 3.63) is 82.7 Å². The van der Waals surface area contributed by atoms with Gasteiger partial charge in [-0.1, -0.05) is 17.7 Å². The van der Waals surface area contributed by atoms with E-state index >= 15 is 4.79 Å². The molecule has 0 saturated carbocycles. The van der Waals surface area contributed by atoms with E-state index in [1.54, 1.807) is 49.1 Å². The van der Waals surface area contributed by atoms with Crippen molar-refractivity contribution in [1.29, 1.82) is 0 Å². The Morgan fingerprint density at radius 2 is 1.76 bits per heavy atom. The molecule has 58 heavy (non-hydrogen) atoms. The summed E-state index contributed by atoms with van der Waals surface area (Å²) in [5.41, 5.74) is -0.302. The maximum atomic E-state index is 15.2. The summed E-state index contributed by atoms with van der Waals surface area (Å²) >= 11 is 6.70. The number of rotatable bonds is 10. The lowest BCUT2D eigenvalue weighted by Crippen LogP contribution is -2.61. The zero-order valence-corrected chi connectivity index (χ0v) is 34.6. The normalized spacial score (nSPS) is 22.9. The van der Waals surface area contributed by atoms with Gasteiger partial charge in [-0.3, -0.25) is 28.6 Å². The predicted molar refractivity (Wildman–Crippen MR) is 217 cm³/mol. The van der Waals surface area contributed by atoms with Crippen LogP contribution >= 0.6 is 11.6 Å². The standard InChI is InChI=1S/C39H45ClF2N10O5S/c1-21(2)51-13-12-27(46-51)18-33(53)43-30(16-24-14-25(41)17-26(42)15-24)37-45-39(5)28(8-11-32(44-39)50-19-22(3)57-23(4)20-50)38(54)52(37)31-10-9-29(40)34-35(31)49(6)47-36(34)48-58(7,55)56/h8-15,17,21-23,28,30H,16,18-20H2,1-7H3,(H,43,53)(H,47,48)/t22-,23?,28?,30-,39?/m0/s1. The number of anilines is 2. The number of halogens is 3. The van der Waals surface area contributed by atoms with E-state index in [9.17, 15) is 22.0 Å². The van der Waals surface area contributed by atoms with Gasteiger partial charge < -0.3 is 15.0 Å². The van der Waals surface area contributed by atoms with Crippen molar-refractivity contribution in [1.82, 2.24) is 29.8 Å². The quantitative estimate of drug-likeness (QED) is 0.230. The number of sulfonamides is 1. The molecule has 3 aliphatic heterocycles. The molecular formula is C39H45ClF2N10O5S. The molecule has 2 N–H and O–H groups in total. The second-order valence-corrected chi connectivity index (χ2v) is 17.7. The van der Waals surface area contributed by atoms with Gasteiger partial charge in [-0.25, -0.2) is 27.2 Å². The summed E-state index contributed by atoms with van der Waals surface area (Å²) in [5, 5.41) is 12.3. The molecule has 1 saturated heterocycles. The molecule has 2 amide bonds. The summed E-state index contributed by atoms with van der Waals surface area (Å²) in [6, 6.07) is 6.72. The average molecular weight is 839 g/mol. The fourth-order valence-electron chi connectivity index (χ4n) is 7.79. The molecule has 1 fully saturated rings. The third-order valence-corrected chi connectivity index (χ3v) is 11.0. The molecule has 0 radical (unpaired) electrons. The van der Waals surface area contributed by atoms with Gasteiger partial charge in [0.2, 0.25) is 21.8 Å². The predicted octanol–water partition coefficient (Wildman–Crippen LogP) is 4.78.